The molecule has 0 saturated carbocycles. The van der Waals surface area contributed by atoms with E-state index in [4.69, 9.17) is 27.9 Å². The third-order valence-electron chi connectivity index (χ3n) is 2.84. The summed E-state index contributed by atoms with van der Waals surface area (Å²) in [4.78, 5) is 0. The highest BCUT2D eigenvalue weighted by molar-refractivity contribution is 7.79. The molecule has 23 heavy (non-hydrogen) atoms. The van der Waals surface area contributed by atoms with Crippen molar-refractivity contribution in [2.45, 2.75) is 26.7 Å². The van der Waals surface area contributed by atoms with Crippen molar-refractivity contribution in [1.82, 2.24) is 9.13 Å². The summed E-state index contributed by atoms with van der Waals surface area (Å²) >= 11 is 0. The highest BCUT2D eigenvalue weighted by atomic mass is 32.3. The quantitative estimate of drug-likeness (QED) is 0.305. The molecule has 0 bridgehead atoms. The fourth-order valence-electron chi connectivity index (χ4n) is 1.82. The average Bonchev–Trinajstić information content (AvgIpc) is 2.91. The lowest BCUT2D eigenvalue weighted by Gasteiger charge is -2.06. The zero-order chi connectivity index (χ0) is 18.2. The smallest absolute Gasteiger partial charge is 0.295 e. The van der Waals surface area contributed by atoms with Crippen LogP contribution in [-0.2, 0) is 37.3 Å². The Hall–Kier alpha value is -2.11. The van der Waals surface area contributed by atoms with Crippen LogP contribution in [0.1, 0.15) is 25.5 Å². The maximum absolute atomic E-state index is 9.03. The van der Waals surface area contributed by atoms with Gasteiger partial charge in [-0.3, -0.25) is 8.42 Å². The van der Waals surface area contributed by atoms with Gasteiger partial charge in [0.05, 0.1) is 26.9 Å². The number of aryl methyl sites for hydroxylation is 2. The van der Waals surface area contributed by atoms with Crippen LogP contribution >= 0.6 is 0 Å². The van der Waals surface area contributed by atoms with E-state index in [9.17, 15) is 0 Å². The van der Waals surface area contributed by atoms with E-state index in [1.807, 2.05) is 49.5 Å². The first-order chi connectivity index (χ1) is 10.5. The first kappa shape index (κ1) is 20.9. The molecule has 0 unspecified atom stereocenters. The molecular formula is C12H22N4O6S. The third kappa shape index (κ3) is 8.18. The molecule has 2 N–H and O–H groups in total. The van der Waals surface area contributed by atoms with E-state index in [0.717, 1.165) is 34.0 Å². The number of rotatable bonds is 2. The van der Waals surface area contributed by atoms with Gasteiger partial charge in [-0.25, -0.2) is 9.13 Å². The second-order valence-corrected chi connectivity index (χ2v) is 5.27. The molecule has 10 nitrogen and oxygen atoms in total. The summed E-state index contributed by atoms with van der Waals surface area (Å²) in [5.41, 5.74) is 0. The first-order valence-corrected chi connectivity index (χ1v) is 8.01. The molecule has 132 valence electrons. The predicted molar refractivity (Wildman–Crippen MR) is 74.8 cm³/mol. The number of hydrogen-bond acceptors (Lipinski definition) is 6. The maximum Gasteiger partial charge on any atom is 0.295 e. The zero-order valence-electron chi connectivity index (χ0n) is 13.4. The molecule has 2 aromatic rings. The number of aromatic nitrogens is 4. The van der Waals surface area contributed by atoms with E-state index in [1.54, 1.807) is 12.4 Å². The van der Waals surface area contributed by atoms with E-state index in [1.165, 1.54) is 0 Å². The lowest BCUT2D eigenvalue weighted by molar-refractivity contribution is -0.909. The van der Waals surface area contributed by atoms with Gasteiger partial charge in [0.1, 0.15) is 12.4 Å². The predicted octanol–water partition coefficient (Wildman–Crippen LogP) is -1.11. The monoisotopic (exact) mass is 350 g/mol. The molecule has 2 heterocycles. The van der Waals surface area contributed by atoms with Crippen molar-refractivity contribution in [2.24, 2.45) is 14.1 Å². The Balaban J connectivity index is 0.000000332. The van der Waals surface area contributed by atoms with Crippen molar-refractivity contribution in [3.05, 3.63) is 36.4 Å². The fraction of sp³-hybridized carbons (Fsp3) is 0.500. The Morgan fingerprint density at radius 1 is 0.957 bits per heavy atom. The Labute approximate surface area is 135 Å². The second kappa shape index (κ2) is 9.12. The lowest BCUT2D eigenvalue weighted by Crippen LogP contribution is -2.32. The first-order valence-electron chi connectivity index (χ1n) is 6.68. The molecule has 11 heteroatoms. The van der Waals surface area contributed by atoms with E-state index in [2.05, 4.69) is 0 Å². The van der Waals surface area contributed by atoms with Crippen molar-refractivity contribution >= 4 is 10.4 Å². The van der Waals surface area contributed by atoms with Crippen molar-refractivity contribution < 1.29 is 37.4 Å². The molecule has 0 spiro atoms. The van der Waals surface area contributed by atoms with Crippen LogP contribution < -0.4 is 9.46 Å². The summed E-state index contributed by atoms with van der Waals surface area (Å²) in [5, 5.41) is 18.1. The van der Waals surface area contributed by atoms with Crippen LogP contribution in [0.2, 0.25) is 0 Å². The summed E-state index contributed by atoms with van der Waals surface area (Å²) in [6, 6.07) is 0. The Morgan fingerprint density at radius 3 is 1.30 bits per heavy atom. The SMILES string of the molecule is CCc1n(C)cc[n+]1O.CCc1n(C)cc[n+]1O.O=S(=O)([O-])[O-]. The number of hydrogen-bond donors (Lipinski definition) is 2. The van der Waals surface area contributed by atoms with Crippen molar-refractivity contribution in [2.75, 3.05) is 0 Å². The second-order valence-electron chi connectivity index (χ2n) is 4.46. The summed E-state index contributed by atoms with van der Waals surface area (Å²) < 4.78 is 40.1. The maximum atomic E-state index is 9.03. The van der Waals surface area contributed by atoms with Gasteiger partial charge in [-0.15, -0.1) is 0 Å². The normalized spacial score (nSPS) is 10.3. The topological polar surface area (TPSA) is 138 Å². The molecule has 0 aliphatic rings. The largest absolute Gasteiger partial charge is 0.759 e. The summed E-state index contributed by atoms with van der Waals surface area (Å²) in [6.45, 7) is 4.00. The zero-order valence-corrected chi connectivity index (χ0v) is 14.3. The van der Waals surface area contributed by atoms with Crippen LogP contribution in [0, 0.1) is 0 Å². The molecule has 2 aromatic heterocycles. The van der Waals surface area contributed by atoms with Gasteiger partial charge in [-0.1, -0.05) is 23.3 Å². The number of nitrogens with zero attached hydrogens (tertiary/aromatic N) is 4. The molecule has 0 aliphatic heterocycles. The highest BCUT2D eigenvalue weighted by Crippen LogP contribution is 1.90. The van der Waals surface area contributed by atoms with E-state index in [-0.39, 0.29) is 0 Å². The van der Waals surface area contributed by atoms with Gasteiger partial charge < -0.3 is 19.5 Å². The van der Waals surface area contributed by atoms with E-state index >= 15 is 0 Å². The van der Waals surface area contributed by atoms with Crippen LogP contribution in [0.15, 0.2) is 24.8 Å². The molecule has 0 aromatic carbocycles. The standard InChI is InChI=1S/2C6H11N2O.H2O4S/c2*1-3-6-7(2)4-5-8(6)9;1-5(2,3)4/h2*4-5,9H,3H2,1-2H3;(H2,1,2,3,4)/q2*+1;/p-2. The van der Waals surface area contributed by atoms with E-state index < -0.39 is 10.4 Å². The van der Waals surface area contributed by atoms with Gasteiger partial charge in [0.25, 0.3) is 11.6 Å². The minimum atomic E-state index is -5.17. The Kier molecular flexibility index (Phi) is 8.29. The lowest BCUT2D eigenvalue weighted by atomic mass is 10.5. The molecule has 0 radical (unpaired) electrons. The van der Waals surface area contributed by atoms with Gasteiger partial charge in [-0.2, -0.15) is 0 Å². The van der Waals surface area contributed by atoms with Gasteiger partial charge in [0, 0.05) is 10.4 Å². The Morgan fingerprint density at radius 2 is 1.22 bits per heavy atom. The minimum Gasteiger partial charge on any atom is -0.759 e. The van der Waals surface area contributed by atoms with Crippen LogP contribution in [0.3, 0.4) is 0 Å². The summed E-state index contributed by atoms with van der Waals surface area (Å²) in [5.74, 6) is 1.82. The van der Waals surface area contributed by atoms with Crippen molar-refractivity contribution in [3.8, 4) is 0 Å². The summed E-state index contributed by atoms with van der Waals surface area (Å²) in [6.07, 6.45) is 8.58. The molecule has 0 saturated heterocycles. The molecule has 2 rings (SSSR count). The molecule has 0 fully saturated rings. The fourth-order valence-corrected chi connectivity index (χ4v) is 1.82. The van der Waals surface area contributed by atoms with Crippen LogP contribution in [0.5, 0.6) is 0 Å². The van der Waals surface area contributed by atoms with E-state index in [0.29, 0.717) is 0 Å². The van der Waals surface area contributed by atoms with Gasteiger partial charge in [0.2, 0.25) is 0 Å². The number of imidazole rings is 2. The minimum absolute atomic E-state index is 0.847. The Bertz CT molecular complexity index is 614. The molecule has 0 atom stereocenters. The van der Waals surface area contributed by atoms with Gasteiger partial charge >= 0.3 is 0 Å². The van der Waals surface area contributed by atoms with Crippen molar-refractivity contribution in [1.29, 1.82) is 0 Å². The third-order valence-corrected chi connectivity index (χ3v) is 2.84. The average molecular weight is 350 g/mol. The molecule has 0 amide bonds. The van der Waals surface area contributed by atoms with Gasteiger partial charge in [0.15, 0.2) is 12.4 Å². The van der Waals surface area contributed by atoms with Crippen LogP contribution in [0.25, 0.3) is 0 Å². The van der Waals surface area contributed by atoms with Crippen LogP contribution in [0.4, 0.5) is 0 Å². The van der Waals surface area contributed by atoms with Gasteiger partial charge in [-0.05, 0) is 0 Å². The summed E-state index contributed by atoms with van der Waals surface area (Å²) in [7, 11) is -1.35. The highest BCUT2D eigenvalue weighted by Gasteiger charge is 2.09. The molecular weight excluding hydrogens is 328 g/mol. The van der Waals surface area contributed by atoms with Crippen LogP contribution in [-0.4, -0.2) is 37.1 Å². The van der Waals surface area contributed by atoms with Crippen molar-refractivity contribution in [3.63, 3.8) is 0 Å². The molecule has 0 aliphatic carbocycles.